The van der Waals surface area contributed by atoms with Gasteiger partial charge in [-0.2, -0.15) is 0 Å². The average molecular weight is 321 g/mol. The molecule has 0 saturated carbocycles. The molecule has 0 saturated heterocycles. The Balaban J connectivity index is 5.12. The predicted octanol–water partition coefficient (Wildman–Crippen LogP) is 4.74. The Morgan fingerprint density at radius 2 is 1.86 bits per heavy atom. The fourth-order valence-corrected chi connectivity index (χ4v) is 2.39. The number of rotatable bonds is 9. The van der Waals surface area contributed by atoms with Crippen molar-refractivity contribution < 1.29 is 9.59 Å². The van der Waals surface area contributed by atoms with Crippen molar-refractivity contribution in [3.8, 4) is 0 Å². The van der Waals surface area contributed by atoms with Crippen LogP contribution in [0.2, 0.25) is 0 Å². The van der Waals surface area contributed by atoms with E-state index in [2.05, 4.69) is 32.3 Å². The molecule has 0 radical (unpaired) electrons. The fourth-order valence-electron chi connectivity index (χ4n) is 1.91. The summed E-state index contributed by atoms with van der Waals surface area (Å²) in [6.45, 7) is 16.9. The molecule has 0 aliphatic rings. The second-order valence-electron chi connectivity index (χ2n) is 5.46. The summed E-state index contributed by atoms with van der Waals surface area (Å²) in [5, 5.41) is 4.32. The Labute approximate surface area is 138 Å². The topological polar surface area (TPSA) is 46.2 Å². The lowest BCUT2D eigenvalue weighted by atomic mass is 9.99. The molecule has 0 aromatic rings. The van der Waals surface area contributed by atoms with Gasteiger partial charge in [-0.15, -0.1) is 0 Å². The summed E-state index contributed by atoms with van der Waals surface area (Å²) in [6, 6.07) is 0. The fraction of sp³-hybridized carbons (Fsp3) is 0.444. The van der Waals surface area contributed by atoms with Crippen molar-refractivity contribution >= 4 is 23.5 Å². The van der Waals surface area contributed by atoms with Crippen LogP contribution in [0.3, 0.4) is 0 Å². The first kappa shape index (κ1) is 20.5. The molecule has 0 heterocycles. The maximum Gasteiger partial charge on any atom is 0.248 e. The molecule has 3 nitrogen and oxygen atoms in total. The van der Waals surface area contributed by atoms with Gasteiger partial charge in [0.2, 0.25) is 5.91 Å². The van der Waals surface area contributed by atoms with E-state index in [0.717, 1.165) is 18.4 Å². The number of allylic oxidation sites excluding steroid dienone is 3. The summed E-state index contributed by atoms with van der Waals surface area (Å²) in [5.41, 5.74) is 1.96. The first-order valence-corrected chi connectivity index (χ1v) is 8.27. The molecule has 1 unspecified atom stereocenters. The minimum atomic E-state index is -0.276. The molecular weight excluding hydrogens is 294 g/mol. The molecule has 0 aliphatic heterocycles. The van der Waals surface area contributed by atoms with Crippen LogP contribution in [0.4, 0.5) is 0 Å². The normalized spacial score (nSPS) is 14.0. The van der Waals surface area contributed by atoms with E-state index in [1.54, 1.807) is 18.4 Å². The monoisotopic (exact) mass is 321 g/mol. The van der Waals surface area contributed by atoms with E-state index < -0.39 is 0 Å². The third-order valence-electron chi connectivity index (χ3n) is 3.36. The van der Waals surface area contributed by atoms with Gasteiger partial charge in [-0.25, -0.2) is 0 Å². The highest BCUT2D eigenvalue weighted by atomic mass is 32.2. The lowest BCUT2D eigenvalue weighted by Gasteiger charge is -2.12. The third kappa shape index (κ3) is 7.46. The van der Waals surface area contributed by atoms with Crippen LogP contribution in [0.5, 0.6) is 0 Å². The Hall–Kier alpha value is -1.55. The smallest absolute Gasteiger partial charge is 0.248 e. The minimum absolute atomic E-state index is 0.190. The molecule has 0 spiro atoms. The van der Waals surface area contributed by atoms with E-state index in [1.807, 2.05) is 6.92 Å². The Morgan fingerprint density at radius 3 is 2.32 bits per heavy atom. The molecule has 0 rings (SSSR count). The van der Waals surface area contributed by atoms with E-state index in [1.165, 1.54) is 18.7 Å². The van der Waals surface area contributed by atoms with Crippen LogP contribution in [0.15, 0.2) is 46.4 Å². The van der Waals surface area contributed by atoms with Gasteiger partial charge in [0.1, 0.15) is 0 Å². The molecule has 0 aromatic heterocycles. The van der Waals surface area contributed by atoms with Gasteiger partial charge in [-0.05, 0) is 37.2 Å². The maximum atomic E-state index is 12.1. The predicted molar refractivity (Wildman–Crippen MR) is 96.3 cm³/mol. The average Bonchev–Trinajstić information content (AvgIpc) is 2.43. The first-order chi connectivity index (χ1) is 10.2. The van der Waals surface area contributed by atoms with Crippen molar-refractivity contribution in [3.63, 3.8) is 0 Å². The number of ketones is 1. The summed E-state index contributed by atoms with van der Waals surface area (Å²) >= 11 is 1.33. The Morgan fingerprint density at radius 1 is 1.27 bits per heavy atom. The number of amides is 1. The van der Waals surface area contributed by atoms with Crippen LogP contribution in [0.1, 0.15) is 47.5 Å². The summed E-state index contributed by atoms with van der Waals surface area (Å²) in [7, 11) is 0. The highest BCUT2D eigenvalue weighted by molar-refractivity contribution is 8.06. The Kier molecular flexibility index (Phi) is 9.50. The van der Waals surface area contributed by atoms with Crippen molar-refractivity contribution in [1.29, 1.82) is 0 Å². The van der Waals surface area contributed by atoms with Crippen molar-refractivity contribution in [2.24, 2.45) is 5.92 Å². The minimum Gasteiger partial charge on any atom is -0.319 e. The largest absolute Gasteiger partial charge is 0.319 e. The second-order valence-corrected chi connectivity index (χ2v) is 6.52. The molecule has 0 bridgehead atoms. The van der Waals surface area contributed by atoms with Gasteiger partial charge < -0.3 is 5.32 Å². The lowest BCUT2D eigenvalue weighted by Crippen LogP contribution is -2.26. The summed E-state index contributed by atoms with van der Waals surface area (Å²) in [6.07, 6.45) is 3.51. The van der Waals surface area contributed by atoms with E-state index in [9.17, 15) is 9.59 Å². The molecule has 0 fully saturated rings. The quantitative estimate of drug-likeness (QED) is 0.493. The Bertz CT molecular complexity index is 515. The lowest BCUT2D eigenvalue weighted by molar-refractivity contribution is -0.119. The van der Waals surface area contributed by atoms with Crippen molar-refractivity contribution in [2.45, 2.75) is 47.5 Å². The summed E-state index contributed by atoms with van der Waals surface area (Å²) in [5.74, 6) is 0.0729. The second kappa shape index (κ2) is 10.2. The molecular formula is C18H27NO2S. The first-order valence-electron chi connectivity index (χ1n) is 7.39. The van der Waals surface area contributed by atoms with Gasteiger partial charge in [0.05, 0.1) is 5.70 Å². The van der Waals surface area contributed by atoms with E-state index in [-0.39, 0.29) is 17.4 Å². The highest BCUT2D eigenvalue weighted by Gasteiger charge is 2.13. The van der Waals surface area contributed by atoms with E-state index in [4.69, 9.17) is 0 Å². The molecule has 0 aromatic carbocycles. The molecule has 4 heteroatoms. The van der Waals surface area contributed by atoms with Crippen molar-refractivity contribution in [2.75, 3.05) is 0 Å². The number of hydrogen-bond donors (Lipinski definition) is 1. The summed E-state index contributed by atoms with van der Waals surface area (Å²) in [4.78, 5) is 24.6. The van der Waals surface area contributed by atoms with Gasteiger partial charge in [-0.3, -0.25) is 9.59 Å². The summed E-state index contributed by atoms with van der Waals surface area (Å²) < 4.78 is 0. The molecule has 122 valence electrons. The van der Waals surface area contributed by atoms with E-state index in [0.29, 0.717) is 16.4 Å². The number of thioether (sulfide) groups is 1. The number of nitrogens with one attached hydrogen (secondary N) is 1. The zero-order valence-corrected chi connectivity index (χ0v) is 15.1. The van der Waals surface area contributed by atoms with Gasteiger partial charge in [-0.1, -0.05) is 50.8 Å². The number of carbonyl (C=O) groups is 2. The number of carbonyl (C=O) groups excluding carboxylic acids is 2. The van der Waals surface area contributed by atoms with Crippen molar-refractivity contribution in [1.82, 2.24) is 5.32 Å². The zero-order valence-electron chi connectivity index (χ0n) is 14.3. The number of Topliss-reactive ketones (excluding diaryl/α,β-unsaturated/α-hetero) is 1. The molecule has 22 heavy (non-hydrogen) atoms. The highest BCUT2D eigenvalue weighted by Crippen LogP contribution is 2.24. The van der Waals surface area contributed by atoms with Gasteiger partial charge in [0.15, 0.2) is 5.78 Å². The van der Waals surface area contributed by atoms with Crippen LogP contribution >= 0.6 is 11.8 Å². The van der Waals surface area contributed by atoms with Gasteiger partial charge in [0.25, 0.3) is 0 Å². The molecule has 1 atom stereocenters. The molecule has 1 amide bonds. The van der Waals surface area contributed by atoms with Crippen LogP contribution in [-0.2, 0) is 9.59 Å². The standard InChI is InChI=1S/C18H27NO2S/c1-8-12(3)10-13(4)11-17(21)19-18(15(6)20)14(5)16(7)22-9-2/h9,11-12H,2,7-8,10H2,1,3-6H3,(H,19,21). The van der Waals surface area contributed by atoms with Gasteiger partial charge >= 0.3 is 0 Å². The number of hydrogen-bond acceptors (Lipinski definition) is 3. The molecule has 0 aliphatic carbocycles. The zero-order chi connectivity index (χ0) is 17.3. The van der Waals surface area contributed by atoms with E-state index >= 15 is 0 Å². The SMILES string of the molecule is C=CSC(=C)C(C)=C(NC(=O)C=C(C)CC(C)CC)C(C)=O. The van der Waals surface area contributed by atoms with Crippen LogP contribution < -0.4 is 5.32 Å². The van der Waals surface area contributed by atoms with Gasteiger partial charge in [0, 0.05) is 17.9 Å². The maximum absolute atomic E-state index is 12.1. The van der Waals surface area contributed by atoms with Crippen LogP contribution in [-0.4, -0.2) is 11.7 Å². The van der Waals surface area contributed by atoms with Crippen LogP contribution in [0.25, 0.3) is 0 Å². The molecule has 1 N–H and O–H groups in total. The van der Waals surface area contributed by atoms with Crippen LogP contribution in [0, 0.1) is 5.92 Å². The van der Waals surface area contributed by atoms with Crippen molar-refractivity contribution in [3.05, 3.63) is 46.4 Å². The third-order valence-corrected chi connectivity index (χ3v) is 4.12.